The minimum atomic E-state index is 0.790. The van der Waals surface area contributed by atoms with Crippen LogP contribution in [-0.4, -0.2) is 13.6 Å². The van der Waals surface area contributed by atoms with Crippen LogP contribution in [0.25, 0.3) is 21.9 Å². The van der Waals surface area contributed by atoms with Crippen LogP contribution in [0.2, 0.25) is 0 Å². The number of benzene rings is 4. The Balaban J connectivity index is 1.38. The maximum absolute atomic E-state index is 3.97. The highest BCUT2D eigenvalue weighted by Crippen LogP contribution is 2.33. The molecule has 0 heterocycles. The van der Waals surface area contributed by atoms with Gasteiger partial charge in [-0.2, -0.15) is 0 Å². The van der Waals surface area contributed by atoms with Crippen LogP contribution in [0.1, 0.15) is 17.5 Å². The lowest BCUT2D eigenvalue weighted by Gasteiger charge is -2.26. The van der Waals surface area contributed by atoms with Gasteiger partial charge in [0.05, 0.1) is 0 Å². The molecule has 4 aromatic carbocycles. The summed E-state index contributed by atoms with van der Waals surface area (Å²) in [4.78, 5) is 4.55. The van der Waals surface area contributed by atoms with E-state index in [0.717, 1.165) is 52.3 Å². The van der Waals surface area contributed by atoms with E-state index in [-0.39, 0.29) is 0 Å². The average molecular weight is 585 g/mol. The molecule has 0 saturated heterocycles. The van der Waals surface area contributed by atoms with E-state index < -0.39 is 0 Å². The molecule has 0 N–H and O–H groups in total. The number of fused-ring (bicyclic) bond motifs is 1. The lowest BCUT2D eigenvalue weighted by molar-refractivity contribution is 1.03. The normalized spacial score (nSPS) is 13.4. The largest absolute Gasteiger partial charge is 0.371 e. The van der Waals surface area contributed by atoms with Crippen LogP contribution >= 0.6 is 0 Å². The standard InChI is InChI=1S/C43H40N2/c1-5-15-34(7-3)37-22-27-41(28-23-37)45(40-20-10-8-9-11-21-40)42-29-24-38(25-30-42)35(16-6-2)19-14-32-44(4)43-31-26-36-17-12-13-18-39(36)33-43/h5-8,10-31,33H,1-3,9,32H2,4H3/b19-14-,34-15+,35-16+. The van der Waals surface area contributed by atoms with Gasteiger partial charge in [0.15, 0.2) is 0 Å². The van der Waals surface area contributed by atoms with E-state index in [9.17, 15) is 0 Å². The van der Waals surface area contributed by atoms with Crippen molar-refractivity contribution in [2.45, 2.75) is 6.42 Å². The molecule has 0 bridgehead atoms. The van der Waals surface area contributed by atoms with Crippen molar-refractivity contribution in [3.05, 3.63) is 200 Å². The number of allylic oxidation sites excluding steroid dienone is 13. The highest BCUT2D eigenvalue weighted by molar-refractivity contribution is 5.86. The molecule has 5 rings (SSSR count). The van der Waals surface area contributed by atoms with Gasteiger partial charge in [-0.3, -0.25) is 0 Å². The fourth-order valence-electron chi connectivity index (χ4n) is 5.41. The van der Waals surface area contributed by atoms with Gasteiger partial charge in [-0.25, -0.2) is 0 Å². The maximum atomic E-state index is 3.97. The molecule has 0 amide bonds. The lowest BCUT2D eigenvalue weighted by atomic mass is 10.0. The second-order valence-corrected chi connectivity index (χ2v) is 10.8. The van der Waals surface area contributed by atoms with Gasteiger partial charge in [-0.05, 0) is 88.0 Å². The van der Waals surface area contributed by atoms with Crippen molar-refractivity contribution in [2.24, 2.45) is 0 Å². The topological polar surface area (TPSA) is 6.48 Å². The van der Waals surface area contributed by atoms with Crippen molar-refractivity contribution in [3.8, 4) is 0 Å². The fourth-order valence-corrected chi connectivity index (χ4v) is 5.41. The summed E-state index contributed by atoms with van der Waals surface area (Å²) in [6.45, 7) is 12.6. The zero-order valence-electron chi connectivity index (χ0n) is 26.0. The van der Waals surface area contributed by atoms with Crippen molar-refractivity contribution < 1.29 is 0 Å². The summed E-state index contributed by atoms with van der Waals surface area (Å²) in [5, 5.41) is 2.51. The molecule has 0 fully saturated rings. The second-order valence-electron chi connectivity index (χ2n) is 10.8. The van der Waals surface area contributed by atoms with E-state index in [1.807, 2.05) is 18.2 Å². The Morgan fingerprint density at radius 1 is 0.711 bits per heavy atom. The van der Waals surface area contributed by atoms with Crippen LogP contribution in [-0.2, 0) is 0 Å². The van der Waals surface area contributed by atoms with Gasteiger partial charge in [0.1, 0.15) is 0 Å². The first-order chi connectivity index (χ1) is 22.1. The first-order valence-electron chi connectivity index (χ1n) is 15.3. The van der Waals surface area contributed by atoms with E-state index in [0.29, 0.717) is 0 Å². The Hall–Kier alpha value is -5.60. The van der Waals surface area contributed by atoms with Gasteiger partial charge in [0.2, 0.25) is 0 Å². The molecule has 4 aromatic rings. The Kier molecular flexibility index (Phi) is 10.4. The number of hydrogen-bond donors (Lipinski definition) is 0. The Morgan fingerprint density at radius 3 is 2.00 bits per heavy atom. The van der Waals surface area contributed by atoms with Crippen molar-refractivity contribution in [1.29, 1.82) is 0 Å². The Morgan fingerprint density at radius 2 is 1.33 bits per heavy atom. The molecule has 45 heavy (non-hydrogen) atoms. The predicted octanol–water partition coefficient (Wildman–Crippen LogP) is 11.4. The molecule has 1 aliphatic carbocycles. The molecule has 2 nitrogen and oxygen atoms in total. The molecular weight excluding hydrogens is 544 g/mol. The fraction of sp³-hybridized carbons (Fsp3) is 0.0698. The van der Waals surface area contributed by atoms with Crippen molar-refractivity contribution in [2.75, 3.05) is 23.4 Å². The van der Waals surface area contributed by atoms with Gasteiger partial charge in [-0.1, -0.05) is 135 Å². The number of anilines is 3. The molecule has 222 valence electrons. The van der Waals surface area contributed by atoms with Gasteiger partial charge in [0.25, 0.3) is 0 Å². The number of likely N-dealkylation sites (N-methyl/N-ethyl adjacent to an activating group) is 1. The molecular formula is C43H40N2. The number of hydrogen-bond acceptors (Lipinski definition) is 2. The molecule has 0 atom stereocenters. The third-order valence-electron chi connectivity index (χ3n) is 7.80. The van der Waals surface area contributed by atoms with Crippen LogP contribution in [0, 0.1) is 0 Å². The van der Waals surface area contributed by atoms with E-state index in [1.165, 1.54) is 16.5 Å². The summed E-state index contributed by atoms with van der Waals surface area (Å²) in [6, 6.07) is 32.4. The first-order valence-corrected chi connectivity index (χ1v) is 15.3. The van der Waals surface area contributed by atoms with Crippen LogP contribution in [0.3, 0.4) is 0 Å². The molecule has 0 unspecified atom stereocenters. The monoisotopic (exact) mass is 584 g/mol. The molecule has 0 aliphatic heterocycles. The number of nitrogens with zero attached hydrogens (tertiary/aromatic N) is 2. The zero-order chi connectivity index (χ0) is 31.4. The molecule has 0 saturated carbocycles. The molecule has 2 heteroatoms. The van der Waals surface area contributed by atoms with Crippen LogP contribution in [0.15, 0.2) is 189 Å². The summed E-state index contributed by atoms with van der Waals surface area (Å²) in [6.07, 6.45) is 25.7. The molecule has 0 spiro atoms. The SMILES string of the molecule is C=C/C=C(\C=C)c1ccc(N(C2=CC=CCC=C2)c2ccc(C(/C=C\CN(C)c3ccc4ccccc4c3)=C/C=C)cc2)cc1. The minimum absolute atomic E-state index is 0.790. The summed E-state index contributed by atoms with van der Waals surface area (Å²) >= 11 is 0. The van der Waals surface area contributed by atoms with Gasteiger partial charge in [0, 0.05) is 36.4 Å². The molecule has 1 aliphatic rings. The second kappa shape index (κ2) is 15.2. The Labute approximate surface area is 268 Å². The first kappa shape index (κ1) is 30.8. The smallest absolute Gasteiger partial charge is 0.0462 e. The van der Waals surface area contributed by atoms with E-state index in [1.54, 1.807) is 6.08 Å². The van der Waals surface area contributed by atoms with Crippen molar-refractivity contribution in [1.82, 2.24) is 0 Å². The van der Waals surface area contributed by atoms with Crippen molar-refractivity contribution >= 4 is 39.0 Å². The van der Waals surface area contributed by atoms with Crippen molar-refractivity contribution in [3.63, 3.8) is 0 Å². The third kappa shape index (κ3) is 7.68. The molecule has 0 aromatic heterocycles. The van der Waals surface area contributed by atoms with Crippen LogP contribution < -0.4 is 9.80 Å². The highest BCUT2D eigenvalue weighted by Gasteiger charge is 2.14. The maximum Gasteiger partial charge on any atom is 0.0462 e. The summed E-state index contributed by atoms with van der Waals surface area (Å²) in [5.74, 6) is 0. The molecule has 0 radical (unpaired) electrons. The number of rotatable bonds is 12. The lowest BCUT2D eigenvalue weighted by Crippen LogP contribution is -2.16. The predicted molar refractivity (Wildman–Crippen MR) is 199 cm³/mol. The minimum Gasteiger partial charge on any atom is -0.371 e. The van der Waals surface area contributed by atoms with Crippen LogP contribution in [0.5, 0.6) is 0 Å². The van der Waals surface area contributed by atoms with Crippen LogP contribution in [0.4, 0.5) is 17.1 Å². The van der Waals surface area contributed by atoms with Gasteiger partial charge in [-0.15, -0.1) is 0 Å². The van der Waals surface area contributed by atoms with E-state index in [2.05, 4.69) is 176 Å². The van der Waals surface area contributed by atoms with Gasteiger partial charge < -0.3 is 9.80 Å². The highest BCUT2D eigenvalue weighted by atomic mass is 15.1. The third-order valence-corrected chi connectivity index (χ3v) is 7.80. The summed E-state index contributed by atoms with van der Waals surface area (Å²) in [7, 11) is 2.13. The van der Waals surface area contributed by atoms with Gasteiger partial charge >= 0.3 is 0 Å². The Bertz CT molecular complexity index is 1840. The van der Waals surface area contributed by atoms with E-state index in [4.69, 9.17) is 0 Å². The summed E-state index contributed by atoms with van der Waals surface area (Å²) in [5.41, 5.74) is 8.86. The van der Waals surface area contributed by atoms with E-state index >= 15 is 0 Å². The average Bonchev–Trinajstić information content (AvgIpc) is 3.37. The zero-order valence-corrected chi connectivity index (χ0v) is 26.0. The summed E-state index contributed by atoms with van der Waals surface area (Å²) < 4.78 is 0. The quantitative estimate of drug-likeness (QED) is 0.153.